The third-order valence-electron chi connectivity index (χ3n) is 0.556. The first-order chi connectivity index (χ1) is 3.95. The third-order valence-corrected chi connectivity index (χ3v) is 1.92. The molecule has 3 heteroatoms. The van der Waals surface area contributed by atoms with Crippen LogP contribution in [0, 0.1) is 0 Å². The van der Waals surface area contributed by atoms with E-state index in [1.807, 2.05) is 0 Å². The first-order valence-corrected chi connectivity index (χ1v) is 3.95. The summed E-state index contributed by atoms with van der Waals surface area (Å²) in [7, 11) is 1.60. The Balaban J connectivity index is 3.60. The van der Waals surface area contributed by atoms with Crippen LogP contribution in [-0.2, 0) is 4.74 Å². The molecular formula is C6H12OS2. The Hall–Kier alpha value is 0.240. The van der Waals surface area contributed by atoms with E-state index in [0.29, 0.717) is 4.38 Å². The van der Waals surface area contributed by atoms with E-state index in [-0.39, 0.29) is 4.75 Å². The fraction of sp³-hybridized carbons (Fsp3) is 0.833. The molecule has 0 heterocycles. The second-order valence-corrected chi connectivity index (χ2v) is 5.10. The first kappa shape index (κ1) is 9.24. The summed E-state index contributed by atoms with van der Waals surface area (Å²) in [5.41, 5.74) is 0. The first-order valence-electron chi connectivity index (χ1n) is 2.72. The van der Waals surface area contributed by atoms with Gasteiger partial charge in [-0.25, -0.2) is 0 Å². The van der Waals surface area contributed by atoms with E-state index in [9.17, 15) is 0 Å². The van der Waals surface area contributed by atoms with Crippen molar-refractivity contribution >= 4 is 28.4 Å². The Morgan fingerprint density at radius 3 is 2.00 bits per heavy atom. The van der Waals surface area contributed by atoms with Crippen LogP contribution in [0.2, 0.25) is 0 Å². The summed E-state index contributed by atoms with van der Waals surface area (Å²) in [4.78, 5) is 0. The van der Waals surface area contributed by atoms with E-state index < -0.39 is 0 Å². The SMILES string of the molecule is COC(=S)SC(C)(C)C. The molecule has 0 amide bonds. The molecule has 0 aromatic carbocycles. The number of thiocarbonyl (C=S) groups is 1. The molecule has 1 nitrogen and oxygen atoms in total. The van der Waals surface area contributed by atoms with Crippen LogP contribution in [0.3, 0.4) is 0 Å². The maximum atomic E-state index is 4.84. The average Bonchev–Trinajstić information content (AvgIpc) is 1.62. The van der Waals surface area contributed by atoms with Crippen LogP contribution < -0.4 is 0 Å². The fourth-order valence-electron chi connectivity index (χ4n) is 0.292. The molecule has 0 aliphatic rings. The van der Waals surface area contributed by atoms with E-state index >= 15 is 0 Å². The van der Waals surface area contributed by atoms with Gasteiger partial charge in [0.15, 0.2) is 0 Å². The van der Waals surface area contributed by atoms with E-state index in [4.69, 9.17) is 17.0 Å². The van der Waals surface area contributed by atoms with Gasteiger partial charge in [0, 0.05) is 4.75 Å². The molecule has 0 fully saturated rings. The van der Waals surface area contributed by atoms with Gasteiger partial charge < -0.3 is 4.74 Å². The van der Waals surface area contributed by atoms with Gasteiger partial charge in [-0.15, -0.1) is 0 Å². The van der Waals surface area contributed by atoms with Crippen LogP contribution in [0.5, 0.6) is 0 Å². The topological polar surface area (TPSA) is 9.23 Å². The number of hydrogen-bond donors (Lipinski definition) is 0. The lowest BCUT2D eigenvalue weighted by Crippen LogP contribution is -2.11. The number of methoxy groups -OCH3 is 1. The highest BCUT2D eigenvalue weighted by molar-refractivity contribution is 8.23. The van der Waals surface area contributed by atoms with E-state index in [1.54, 1.807) is 18.9 Å². The molecule has 0 saturated heterocycles. The van der Waals surface area contributed by atoms with Crippen molar-refractivity contribution in [2.75, 3.05) is 7.11 Å². The number of rotatable bonds is 0. The van der Waals surface area contributed by atoms with E-state index in [1.165, 1.54) is 0 Å². The van der Waals surface area contributed by atoms with Gasteiger partial charge in [0.2, 0.25) is 4.38 Å². The van der Waals surface area contributed by atoms with Crippen LogP contribution >= 0.6 is 24.0 Å². The minimum Gasteiger partial charge on any atom is -0.482 e. The smallest absolute Gasteiger partial charge is 0.220 e. The van der Waals surface area contributed by atoms with Gasteiger partial charge in [0.05, 0.1) is 7.11 Å². The zero-order chi connectivity index (χ0) is 7.49. The summed E-state index contributed by atoms with van der Waals surface area (Å²) in [5.74, 6) is 0. The monoisotopic (exact) mass is 164 g/mol. The summed E-state index contributed by atoms with van der Waals surface area (Å²) in [6.45, 7) is 6.30. The van der Waals surface area contributed by atoms with Crippen molar-refractivity contribution in [3.05, 3.63) is 0 Å². The van der Waals surface area contributed by atoms with Crippen molar-refractivity contribution in [3.8, 4) is 0 Å². The predicted octanol–water partition coefficient (Wildman–Crippen LogP) is 2.45. The van der Waals surface area contributed by atoms with E-state index in [0.717, 1.165) is 0 Å². The molecule has 0 aromatic heterocycles. The minimum atomic E-state index is 0.174. The molecule has 0 unspecified atom stereocenters. The van der Waals surface area contributed by atoms with Crippen LogP contribution in [0.4, 0.5) is 0 Å². The zero-order valence-electron chi connectivity index (χ0n) is 6.22. The minimum absolute atomic E-state index is 0.174. The highest BCUT2D eigenvalue weighted by Gasteiger charge is 2.13. The van der Waals surface area contributed by atoms with Gasteiger partial charge in [-0.3, -0.25) is 0 Å². The Morgan fingerprint density at radius 1 is 1.44 bits per heavy atom. The predicted molar refractivity (Wildman–Crippen MR) is 47.0 cm³/mol. The maximum absolute atomic E-state index is 4.84. The summed E-state index contributed by atoms with van der Waals surface area (Å²) < 4.78 is 5.61. The Bertz CT molecular complexity index is 104. The van der Waals surface area contributed by atoms with Crippen LogP contribution in [0.15, 0.2) is 0 Å². The van der Waals surface area contributed by atoms with Crippen molar-refractivity contribution in [1.82, 2.24) is 0 Å². The lowest BCUT2D eigenvalue weighted by atomic mass is 10.3. The maximum Gasteiger partial charge on any atom is 0.220 e. The summed E-state index contributed by atoms with van der Waals surface area (Å²) in [6, 6.07) is 0. The van der Waals surface area contributed by atoms with Gasteiger partial charge in [0.25, 0.3) is 0 Å². The van der Waals surface area contributed by atoms with Crippen LogP contribution in [0.25, 0.3) is 0 Å². The van der Waals surface area contributed by atoms with Gasteiger partial charge in [-0.05, 0) is 12.2 Å². The Labute approximate surface area is 66.2 Å². The van der Waals surface area contributed by atoms with Gasteiger partial charge in [0.1, 0.15) is 0 Å². The van der Waals surface area contributed by atoms with Crippen LogP contribution in [0.1, 0.15) is 20.8 Å². The molecule has 54 valence electrons. The summed E-state index contributed by atoms with van der Waals surface area (Å²) in [6.07, 6.45) is 0. The van der Waals surface area contributed by atoms with Gasteiger partial charge in [-0.2, -0.15) is 0 Å². The molecule has 0 radical (unpaired) electrons. The lowest BCUT2D eigenvalue weighted by molar-refractivity contribution is 0.426. The molecule has 9 heavy (non-hydrogen) atoms. The quantitative estimate of drug-likeness (QED) is 0.509. The Morgan fingerprint density at radius 2 is 1.89 bits per heavy atom. The second kappa shape index (κ2) is 3.42. The highest BCUT2D eigenvalue weighted by atomic mass is 32.2. The largest absolute Gasteiger partial charge is 0.482 e. The fourth-order valence-corrected chi connectivity index (χ4v) is 1.62. The van der Waals surface area contributed by atoms with Crippen molar-refractivity contribution < 1.29 is 4.74 Å². The van der Waals surface area contributed by atoms with Crippen LogP contribution in [-0.4, -0.2) is 16.2 Å². The summed E-state index contributed by atoms with van der Waals surface area (Å²) >= 11 is 6.41. The second-order valence-electron chi connectivity index (χ2n) is 2.67. The van der Waals surface area contributed by atoms with Crippen molar-refractivity contribution in [3.63, 3.8) is 0 Å². The van der Waals surface area contributed by atoms with Gasteiger partial charge >= 0.3 is 0 Å². The molecule has 0 N–H and O–H groups in total. The third kappa shape index (κ3) is 6.12. The molecular weight excluding hydrogens is 152 g/mol. The molecule has 0 saturated carbocycles. The molecule has 0 rings (SSSR count). The average molecular weight is 164 g/mol. The molecule has 0 aromatic rings. The summed E-state index contributed by atoms with van der Waals surface area (Å²) in [5, 5.41) is 0. The van der Waals surface area contributed by atoms with Gasteiger partial charge in [-0.1, -0.05) is 32.5 Å². The molecule has 0 spiro atoms. The molecule has 0 aliphatic carbocycles. The lowest BCUT2D eigenvalue weighted by Gasteiger charge is -2.16. The number of thioether (sulfide) groups is 1. The van der Waals surface area contributed by atoms with Crippen molar-refractivity contribution in [2.45, 2.75) is 25.5 Å². The number of hydrogen-bond acceptors (Lipinski definition) is 3. The highest BCUT2D eigenvalue weighted by Crippen LogP contribution is 2.24. The Kier molecular flexibility index (Phi) is 3.51. The zero-order valence-corrected chi connectivity index (χ0v) is 7.86. The van der Waals surface area contributed by atoms with E-state index in [2.05, 4.69) is 20.8 Å². The molecule has 0 aliphatic heterocycles. The molecule has 0 atom stereocenters. The number of ether oxygens (including phenoxy) is 1. The van der Waals surface area contributed by atoms with Crippen molar-refractivity contribution in [2.24, 2.45) is 0 Å². The normalized spacial score (nSPS) is 11.1. The van der Waals surface area contributed by atoms with Crippen molar-refractivity contribution in [1.29, 1.82) is 0 Å². The molecule has 0 bridgehead atoms. The standard InChI is InChI=1S/C6H12OS2/c1-6(2,3)9-5(8)7-4/h1-4H3.